The largest absolute Gasteiger partial charge is 0.493 e. The molecule has 0 aliphatic carbocycles. The Hall–Kier alpha value is -2.97. The van der Waals surface area contributed by atoms with Gasteiger partial charge in [0.1, 0.15) is 0 Å². The van der Waals surface area contributed by atoms with Gasteiger partial charge in [0.2, 0.25) is 5.75 Å². The zero-order valence-corrected chi connectivity index (χ0v) is 21.6. The molecule has 1 atom stereocenters. The van der Waals surface area contributed by atoms with Crippen LogP contribution in [0.5, 0.6) is 17.2 Å². The van der Waals surface area contributed by atoms with Gasteiger partial charge in [0.15, 0.2) is 11.5 Å². The van der Waals surface area contributed by atoms with E-state index in [1.807, 2.05) is 13.8 Å². The van der Waals surface area contributed by atoms with E-state index in [-0.39, 0.29) is 23.8 Å². The monoisotopic (exact) mass is 504 g/mol. The van der Waals surface area contributed by atoms with E-state index >= 15 is 0 Å². The number of morpholine rings is 1. The fraction of sp³-hybridized carbons (Fsp3) is 0.462. The molecular formula is C26H33ClN2O6. The summed E-state index contributed by atoms with van der Waals surface area (Å²) in [6.07, 6.45) is -0.333. The first kappa shape index (κ1) is 26.6. The molecule has 1 aliphatic rings. The van der Waals surface area contributed by atoms with Crippen molar-refractivity contribution in [2.45, 2.75) is 20.0 Å². The van der Waals surface area contributed by atoms with Crippen LogP contribution < -0.4 is 14.2 Å². The zero-order valence-electron chi connectivity index (χ0n) is 20.9. The number of nitrogens with zero attached hydrogens (tertiary/aromatic N) is 2. The van der Waals surface area contributed by atoms with Crippen molar-refractivity contribution in [2.24, 2.45) is 5.92 Å². The molecule has 0 radical (unpaired) electrons. The lowest BCUT2D eigenvalue weighted by atomic mass is 10.1. The Morgan fingerprint density at radius 2 is 1.77 bits per heavy atom. The number of rotatable bonds is 9. The van der Waals surface area contributed by atoms with Crippen LogP contribution >= 0.6 is 11.6 Å². The number of amides is 2. The maximum Gasteiger partial charge on any atom is 0.255 e. The average molecular weight is 505 g/mol. The van der Waals surface area contributed by atoms with Crippen molar-refractivity contribution in [1.29, 1.82) is 0 Å². The van der Waals surface area contributed by atoms with Gasteiger partial charge in [-0.15, -0.1) is 0 Å². The van der Waals surface area contributed by atoms with Crippen LogP contribution in [0.15, 0.2) is 36.4 Å². The van der Waals surface area contributed by atoms with Crippen molar-refractivity contribution in [2.75, 3.05) is 54.1 Å². The Morgan fingerprint density at radius 3 is 2.34 bits per heavy atom. The molecule has 35 heavy (non-hydrogen) atoms. The minimum absolute atomic E-state index is 0.143. The quantitative estimate of drug-likeness (QED) is 0.513. The first-order valence-corrected chi connectivity index (χ1v) is 11.9. The Labute approximate surface area is 211 Å². The molecule has 0 N–H and O–H groups in total. The van der Waals surface area contributed by atoms with Gasteiger partial charge in [0, 0.05) is 31.7 Å². The molecule has 9 heteroatoms. The lowest BCUT2D eigenvalue weighted by Gasteiger charge is -2.36. The van der Waals surface area contributed by atoms with E-state index in [9.17, 15) is 9.59 Å². The zero-order chi connectivity index (χ0) is 25.5. The number of hydrogen-bond acceptors (Lipinski definition) is 6. The minimum atomic E-state index is -0.333. The van der Waals surface area contributed by atoms with Gasteiger partial charge in [0.05, 0.1) is 44.6 Å². The molecule has 0 aromatic heterocycles. The summed E-state index contributed by atoms with van der Waals surface area (Å²) in [4.78, 5) is 30.1. The van der Waals surface area contributed by atoms with Crippen LogP contribution in [0, 0.1) is 5.92 Å². The highest BCUT2D eigenvalue weighted by molar-refractivity contribution is 6.33. The van der Waals surface area contributed by atoms with Crippen molar-refractivity contribution in [3.8, 4) is 17.2 Å². The molecule has 2 aromatic rings. The van der Waals surface area contributed by atoms with Crippen molar-refractivity contribution >= 4 is 23.4 Å². The van der Waals surface area contributed by atoms with E-state index in [2.05, 4.69) is 0 Å². The first-order valence-electron chi connectivity index (χ1n) is 11.5. The van der Waals surface area contributed by atoms with Gasteiger partial charge in [-0.2, -0.15) is 0 Å². The van der Waals surface area contributed by atoms with Gasteiger partial charge in [-0.3, -0.25) is 9.59 Å². The van der Waals surface area contributed by atoms with Gasteiger partial charge in [-0.05, 0) is 30.2 Å². The summed E-state index contributed by atoms with van der Waals surface area (Å²) >= 11 is 6.24. The number of carbonyl (C=O) groups excluding carboxylic acids is 2. The molecule has 1 aliphatic heterocycles. The third kappa shape index (κ3) is 6.38. The van der Waals surface area contributed by atoms with E-state index in [4.69, 9.17) is 30.5 Å². The lowest BCUT2D eigenvalue weighted by Crippen LogP contribution is -2.51. The van der Waals surface area contributed by atoms with Gasteiger partial charge >= 0.3 is 0 Å². The molecule has 2 amide bonds. The molecule has 0 spiro atoms. The molecule has 1 unspecified atom stereocenters. The Bertz CT molecular complexity index is 1020. The number of carbonyl (C=O) groups is 2. The van der Waals surface area contributed by atoms with E-state index in [1.54, 1.807) is 46.2 Å². The van der Waals surface area contributed by atoms with Crippen LogP contribution in [-0.4, -0.2) is 81.8 Å². The number of hydrogen-bond donors (Lipinski definition) is 0. The maximum atomic E-state index is 13.6. The standard InChI is InChI=1S/C26H33ClN2O6/c1-17(2)14-29(25(30)18-12-22(32-3)24(34-5)23(13-18)33-4)16-19-15-28(10-11-35-19)26(31)20-8-6-7-9-21(20)27/h6-9,12-13,17,19H,10-11,14-16H2,1-5H3. The van der Waals surface area contributed by atoms with E-state index in [0.717, 1.165) is 0 Å². The summed E-state index contributed by atoms with van der Waals surface area (Å²) in [5.74, 6) is 1.14. The van der Waals surface area contributed by atoms with Crippen LogP contribution in [0.25, 0.3) is 0 Å². The fourth-order valence-corrected chi connectivity index (χ4v) is 4.35. The molecule has 190 valence electrons. The predicted octanol–water partition coefficient (Wildman–Crippen LogP) is 4.01. The predicted molar refractivity (Wildman–Crippen MR) is 134 cm³/mol. The maximum absolute atomic E-state index is 13.6. The molecule has 0 saturated carbocycles. The second-order valence-electron chi connectivity index (χ2n) is 8.74. The second-order valence-corrected chi connectivity index (χ2v) is 9.15. The van der Waals surface area contributed by atoms with E-state index < -0.39 is 0 Å². The van der Waals surface area contributed by atoms with Gasteiger partial charge in [-0.25, -0.2) is 0 Å². The van der Waals surface area contributed by atoms with E-state index in [0.29, 0.717) is 66.2 Å². The number of halogens is 1. The third-order valence-electron chi connectivity index (χ3n) is 5.74. The molecular weight excluding hydrogens is 472 g/mol. The topological polar surface area (TPSA) is 77.5 Å². The summed E-state index contributed by atoms with van der Waals surface area (Å²) in [5, 5.41) is 0.416. The molecule has 0 bridgehead atoms. The molecule has 3 rings (SSSR count). The normalized spacial score (nSPS) is 15.6. The number of methoxy groups -OCH3 is 3. The van der Waals surface area contributed by atoms with Crippen LogP contribution in [0.1, 0.15) is 34.6 Å². The Kier molecular flexibility index (Phi) is 9.23. The highest BCUT2D eigenvalue weighted by atomic mass is 35.5. The van der Waals surface area contributed by atoms with Gasteiger partial charge < -0.3 is 28.7 Å². The average Bonchev–Trinajstić information content (AvgIpc) is 2.86. The third-order valence-corrected chi connectivity index (χ3v) is 6.07. The lowest BCUT2D eigenvalue weighted by molar-refractivity contribution is -0.0340. The van der Waals surface area contributed by atoms with Crippen LogP contribution in [0.4, 0.5) is 0 Å². The van der Waals surface area contributed by atoms with Crippen molar-refractivity contribution in [3.05, 3.63) is 52.5 Å². The Balaban J connectivity index is 1.80. The second kappa shape index (κ2) is 12.1. The van der Waals surface area contributed by atoms with Crippen molar-refractivity contribution < 1.29 is 28.5 Å². The van der Waals surface area contributed by atoms with Crippen LogP contribution in [0.3, 0.4) is 0 Å². The summed E-state index contributed by atoms with van der Waals surface area (Å²) in [5.41, 5.74) is 0.877. The molecule has 8 nitrogen and oxygen atoms in total. The summed E-state index contributed by atoms with van der Waals surface area (Å²) < 4.78 is 22.2. The Morgan fingerprint density at radius 1 is 1.11 bits per heavy atom. The van der Waals surface area contributed by atoms with Gasteiger partial charge in [0.25, 0.3) is 11.8 Å². The number of ether oxygens (including phenoxy) is 4. The smallest absolute Gasteiger partial charge is 0.255 e. The summed E-state index contributed by atoms with van der Waals surface area (Å²) in [6, 6.07) is 10.3. The molecule has 2 aromatic carbocycles. The summed E-state index contributed by atoms with van der Waals surface area (Å²) in [7, 11) is 4.54. The molecule has 1 fully saturated rings. The van der Waals surface area contributed by atoms with Crippen LogP contribution in [0.2, 0.25) is 5.02 Å². The fourth-order valence-electron chi connectivity index (χ4n) is 4.13. The number of benzene rings is 2. The first-order chi connectivity index (χ1) is 16.8. The highest BCUT2D eigenvalue weighted by Gasteiger charge is 2.30. The van der Waals surface area contributed by atoms with Crippen molar-refractivity contribution in [1.82, 2.24) is 9.80 Å². The van der Waals surface area contributed by atoms with Crippen molar-refractivity contribution in [3.63, 3.8) is 0 Å². The van der Waals surface area contributed by atoms with E-state index in [1.165, 1.54) is 21.3 Å². The van der Waals surface area contributed by atoms with Crippen LogP contribution in [-0.2, 0) is 4.74 Å². The molecule has 1 heterocycles. The summed E-state index contributed by atoms with van der Waals surface area (Å²) in [6.45, 7) is 6.16. The van der Waals surface area contributed by atoms with Gasteiger partial charge in [-0.1, -0.05) is 37.6 Å². The molecule has 1 saturated heterocycles. The highest BCUT2D eigenvalue weighted by Crippen LogP contribution is 2.38. The SMILES string of the molecule is COc1cc(C(=O)N(CC(C)C)CC2CN(C(=O)c3ccccc3Cl)CCO2)cc(OC)c1OC. The minimum Gasteiger partial charge on any atom is -0.493 e.